The Morgan fingerprint density at radius 2 is 1.79 bits per heavy atom. The largest absolute Gasteiger partial charge is 0.317 e. The number of aryl methyl sites for hydroxylation is 1. The second-order valence-corrected chi connectivity index (χ2v) is 7.05. The Morgan fingerprint density at radius 1 is 1.07 bits per heavy atom. The van der Waals surface area contributed by atoms with Crippen LogP contribution in [0.4, 0.5) is 17.1 Å². The van der Waals surface area contributed by atoms with Gasteiger partial charge in [-0.05, 0) is 54.0 Å². The summed E-state index contributed by atoms with van der Waals surface area (Å²) in [4.78, 5) is 20.7. The lowest BCUT2D eigenvalue weighted by atomic mass is 10.2. The highest BCUT2D eigenvalue weighted by Crippen LogP contribution is 2.29. The molecule has 0 saturated heterocycles. The zero-order valence-corrected chi connectivity index (χ0v) is 17.1. The summed E-state index contributed by atoms with van der Waals surface area (Å²) in [6.45, 7) is 3.92. The van der Waals surface area contributed by atoms with Gasteiger partial charge in [0, 0.05) is 27.5 Å². The SMILES string of the molecule is Cc1cc(C=NNc2ccc([N+](=O)[O-])cc2[N+](=O)[O-])c(C)n1-c1ccccc1Br. The highest BCUT2D eigenvalue weighted by Gasteiger charge is 2.19. The van der Waals surface area contributed by atoms with Crippen LogP contribution in [0, 0.1) is 34.1 Å². The van der Waals surface area contributed by atoms with Crippen molar-refractivity contribution >= 4 is 39.2 Å². The first-order valence-electron chi connectivity index (χ1n) is 8.45. The van der Waals surface area contributed by atoms with Crippen LogP contribution in [0.5, 0.6) is 0 Å². The van der Waals surface area contributed by atoms with Crippen molar-refractivity contribution in [2.45, 2.75) is 13.8 Å². The van der Waals surface area contributed by atoms with E-state index in [2.05, 4.69) is 31.0 Å². The molecular weight excluding hydrogens is 442 g/mol. The molecule has 0 aliphatic heterocycles. The molecule has 0 fully saturated rings. The van der Waals surface area contributed by atoms with Gasteiger partial charge in [-0.25, -0.2) is 0 Å². The highest BCUT2D eigenvalue weighted by molar-refractivity contribution is 9.10. The van der Waals surface area contributed by atoms with Gasteiger partial charge in [-0.15, -0.1) is 0 Å². The zero-order valence-electron chi connectivity index (χ0n) is 15.5. The van der Waals surface area contributed by atoms with Crippen LogP contribution in [-0.4, -0.2) is 20.6 Å². The molecule has 1 aromatic heterocycles. The Morgan fingerprint density at radius 3 is 2.45 bits per heavy atom. The molecule has 0 aliphatic carbocycles. The molecule has 1 N–H and O–H groups in total. The highest BCUT2D eigenvalue weighted by atomic mass is 79.9. The smallest absolute Gasteiger partial charge is 0.301 e. The van der Waals surface area contributed by atoms with Crippen LogP contribution < -0.4 is 5.43 Å². The fraction of sp³-hybridized carbons (Fsp3) is 0.105. The number of non-ortho nitro benzene ring substituents is 1. The van der Waals surface area contributed by atoms with E-state index in [1.165, 1.54) is 12.1 Å². The molecule has 0 amide bonds. The second-order valence-electron chi connectivity index (χ2n) is 6.20. The van der Waals surface area contributed by atoms with Crippen LogP contribution in [0.25, 0.3) is 5.69 Å². The van der Waals surface area contributed by atoms with E-state index < -0.39 is 15.5 Å². The van der Waals surface area contributed by atoms with Crippen molar-refractivity contribution in [1.82, 2.24) is 4.57 Å². The van der Waals surface area contributed by atoms with Gasteiger partial charge in [0.15, 0.2) is 0 Å². The lowest BCUT2D eigenvalue weighted by Crippen LogP contribution is -2.01. The number of hydrogen-bond acceptors (Lipinski definition) is 6. The lowest BCUT2D eigenvalue weighted by Gasteiger charge is -2.11. The summed E-state index contributed by atoms with van der Waals surface area (Å²) in [6.07, 6.45) is 1.56. The molecule has 3 aromatic rings. The van der Waals surface area contributed by atoms with Crippen molar-refractivity contribution in [1.29, 1.82) is 0 Å². The molecule has 1 heterocycles. The predicted octanol–water partition coefficient (Wildman–Crippen LogP) is 5.12. The van der Waals surface area contributed by atoms with E-state index in [4.69, 9.17) is 0 Å². The quantitative estimate of drug-likeness (QED) is 0.313. The third kappa shape index (κ3) is 4.16. The number of nitrogens with zero attached hydrogens (tertiary/aromatic N) is 4. The minimum Gasteiger partial charge on any atom is -0.317 e. The van der Waals surface area contributed by atoms with E-state index in [1.807, 2.05) is 44.2 Å². The maximum Gasteiger partial charge on any atom is 0.301 e. The van der Waals surface area contributed by atoms with Gasteiger partial charge >= 0.3 is 5.69 Å². The number of hydrogen-bond donors (Lipinski definition) is 1. The fourth-order valence-corrected chi connectivity index (χ4v) is 3.43. The van der Waals surface area contributed by atoms with Crippen molar-refractivity contribution in [2.24, 2.45) is 5.10 Å². The van der Waals surface area contributed by atoms with Crippen LogP contribution in [-0.2, 0) is 0 Å². The van der Waals surface area contributed by atoms with Gasteiger partial charge in [-0.1, -0.05) is 12.1 Å². The maximum absolute atomic E-state index is 11.2. The van der Waals surface area contributed by atoms with Crippen molar-refractivity contribution < 1.29 is 9.85 Å². The van der Waals surface area contributed by atoms with Gasteiger partial charge in [-0.2, -0.15) is 5.10 Å². The van der Waals surface area contributed by atoms with Crippen LogP contribution in [0.3, 0.4) is 0 Å². The molecule has 0 aliphatic rings. The van der Waals surface area contributed by atoms with Crippen LogP contribution in [0.2, 0.25) is 0 Å². The van der Waals surface area contributed by atoms with Crippen molar-refractivity contribution in [3.05, 3.63) is 90.2 Å². The molecular formula is C19H16BrN5O4. The Kier molecular flexibility index (Phi) is 5.74. The molecule has 0 atom stereocenters. The average Bonchev–Trinajstić information content (AvgIpc) is 2.95. The van der Waals surface area contributed by atoms with Gasteiger partial charge < -0.3 is 4.57 Å². The van der Waals surface area contributed by atoms with Gasteiger partial charge in [0.25, 0.3) is 5.69 Å². The standard InChI is InChI=1S/C19H16BrN5O4/c1-12-9-14(13(2)23(12)18-6-4-3-5-16(18)20)11-21-22-17-8-7-15(24(26)27)10-19(17)25(28)29/h3-11,22H,1-2H3. The Hall–Kier alpha value is -3.53. The summed E-state index contributed by atoms with van der Waals surface area (Å²) in [6, 6.07) is 13.1. The average molecular weight is 458 g/mol. The summed E-state index contributed by atoms with van der Waals surface area (Å²) < 4.78 is 3.02. The van der Waals surface area contributed by atoms with Crippen molar-refractivity contribution in [3.63, 3.8) is 0 Å². The summed E-state index contributed by atoms with van der Waals surface area (Å²) in [5.74, 6) is 0. The maximum atomic E-state index is 11.2. The third-order valence-corrected chi connectivity index (χ3v) is 5.01. The Bertz CT molecular complexity index is 1140. The van der Waals surface area contributed by atoms with Crippen molar-refractivity contribution in [2.75, 3.05) is 5.43 Å². The number of nitro benzene ring substituents is 2. The molecule has 10 heteroatoms. The minimum absolute atomic E-state index is 0.0662. The van der Waals surface area contributed by atoms with Crippen LogP contribution in [0.15, 0.2) is 58.1 Å². The van der Waals surface area contributed by atoms with Gasteiger partial charge in [-0.3, -0.25) is 25.7 Å². The van der Waals surface area contributed by atoms with Gasteiger partial charge in [0.2, 0.25) is 0 Å². The number of aromatic nitrogens is 1. The molecule has 148 valence electrons. The molecule has 0 unspecified atom stereocenters. The Balaban J connectivity index is 1.89. The summed E-state index contributed by atoms with van der Waals surface area (Å²) >= 11 is 3.55. The zero-order chi connectivity index (χ0) is 21.1. The normalized spacial score (nSPS) is 11.0. The first-order chi connectivity index (χ1) is 13.8. The monoisotopic (exact) mass is 457 g/mol. The summed E-state index contributed by atoms with van der Waals surface area (Å²) in [5.41, 5.74) is 5.65. The third-order valence-electron chi connectivity index (χ3n) is 4.34. The summed E-state index contributed by atoms with van der Waals surface area (Å²) in [5, 5.41) is 26.1. The molecule has 3 rings (SSSR count). The van der Waals surface area contributed by atoms with Gasteiger partial charge in [0.05, 0.1) is 27.8 Å². The fourth-order valence-electron chi connectivity index (χ4n) is 2.97. The first-order valence-corrected chi connectivity index (χ1v) is 9.24. The van der Waals surface area contributed by atoms with Crippen LogP contribution >= 0.6 is 15.9 Å². The number of hydrazone groups is 1. The predicted molar refractivity (Wildman–Crippen MR) is 114 cm³/mol. The van der Waals surface area contributed by atoms with E-state index in [0.717, 1.165) is 33.2 Å². The molecule has 29 heavy (non-hydrogen) atoms. The van der Waals surface area contributed by atoms with E-state index in [-0.39, 0.29) is 11.4 Å². The molecule has 0 saturated carbocycles. The number of rotatable bonds is 6. The summed E-state index contributed by atoms with van der Waals surface area (Å²) in [7, 11) is 0. The number of nitro groups is 2. The van der Waals surface area contributed by atoms with E-state index in [9.17, 15) is 20.2 Å². The number of benzene rings is 2. The molecule has 0 radical (unpaired) electrons. The van der Waals surface area contributed by atoms with Gasteiger partial charge in [0.1, 0.15) is 5.69 Å². The molecule has 0 spiro atoms. The number of para-hydroxylation sites is 1. The molecule has 0 bridgehead atoms. The van der Waals surface area contributed by atoms with E-state index in [0.29, 0.717) is 0 Å². The number of anilines is 1. The molecule has 9 nitrogen and oxygen atoms in total. The van der Waals surface area contributed by atoms with E-state index >= 15 is 0 Å². The topological polar surface area (TPSA) is 116 Å². The number of nitrogens with one attached hydrogen (secondary N) is 1. The second kappa shape index (κ2) is 8.23. The minimum atomic E-state index is -0.691. The van der Waals surface area contributed by atoms with E-state index in [1.54, 1.807) is 6.21 Å². The lowest BCUT2D eigenvalue weighted by molar-refractivity contribution is -0.393. The molecule has 2 aromatic carbocycles. The first kappa shape index (κ1) is 20.2. The van der Waals surface area contributed by atoms with Crippen LogP contribution in [0.1, 0.15) is 17.0 Å². The Labute approximate surface area is 174 Å². The number of halogens is 1. The van der Waals surface area contributed by atoms with Crippen molar-refractivity contribution in [3.8, 4) is 5.69 Å².